The lowest BCUT2D eigenvalue weighted by molar-refractivity contribution is -0.123. The van der Waals surface area contributed by atoms with E-state index in [1.54, 1.807) is 4.90 Å². The minimum atomic E-state index is -0.607. The smallest absolute Gasteiger partial charge is 0.410 e. The van der Waals surface area contributed by atoms with Gasteiger partial charge >= 0.3 is 6.09 Å². The standard InChI is InChI=1S/C23H30N4O4/c1-14(2)15-6-8-16(9-7-15)27-17-10-11-26(22(29)31-23(3,4)5)18-12-24-19(28)13-30-21(25-27)20(17)18/h6-9,14,18H,10-13H2,1-5H3,(H,24,28). The number of nitrogens with zero attached hydrogens (tertiary/aromatic N) is 3. The van der Waals surface area contributed by atoms with Crippen molar-refractivity contribution in [3.8, 4) is 11.6 Å². The summed E-state index contributed by atoms with van der Waals surface area (Å²) in [5.74, 6) is 0.603. The average Bonchev–Trinajstić information content (AvgIpc) is 3.06. The summed E-state index contributed by atoms with van der Waals surface area (Å²) in [7, 11) is 0. The molecule has 31 heavy (non-hydrogen) atoms. The van der Waals surface area contributed by atoms with Crippen molar-refractivity contribution < 1.29 is 19.1 Å². The summed E-state index contributed by atoms with van der Waals surface area (Å²) < 4.78 is 13.3. The molecule has 0 radical (unpaired) electrons. The van der Waals surface area contributed by atoms with Crippen LogP contribution in [0.1, 0.15) is 63.4 Å². The third-order valence-electron chi connectivity index (χ3n) is 5.55. The zero-order chi connectivity index (χ0) is 22.3. The van der Waals surface area contributed by atoms with E-state index in [-0.39, 0.29) is 12.5 Å². The van der Waals surface area contributed by atoms with E-state index in [9.17, 15) is 9.59 Å². The Morgan fingerprint density at radius 2 is 1.97 bits per heavy atom. The molecule has 2 aliphatic rings. The molecular weight excluding hydrogens is 396 g/mol. The molecule has 0 saturated heterocycles. The quantitative estimate of drug-likeness (QED) is 0.796. The number of hydrogen-bond donors (Lipinski definition) is 1. The maximum Gasteiger partial charge on any atom is 0.410 e. The predicted molar refractivity (Wildman–Crippen MR) is 116 cm³/mol. The van der Waals surface area contributed by atoms with E-state index in [1.807, 2.05) is 37.6 Å². The SMILES string of the molecule is CC(C)c1ccc(-n2nc3c4c2CCN(C(=O)OC(C)(C)C)C4CNC(=O)CO3)cc1. The zero-order valence-electron chi connectivity index (χ0n) is 18.8. The molecule has 4 rings (SSSR count). The lowest BCUT2D eigenvalue weighted by Crippen LogP contribution is -2.48. The number of benzene rings is 1. The van der Waals surface area contributed by atoms with Crippen LogP contribution >= 0.6 is 0 Å². The van der Waals surface area contributed by atoms with Crippen LogP contribution in [0.2, 0.25) is 0 Å². The van der Waals surface area contributed by atoms with Crippen LogP contribution in [0.3, 0.4) is 0 Å². The Balaban J connectivity index is 1.75. The topological polar surface area (TPSA) is 85.7 Å². The van der Waals surface area contributed by atoms with Gasteiger partial charge in [0, 0.05) is 19.5 Å². The molecule has 1 N–H and O–H groups in total. The lowest BCUT2D eigenvalue weighted by Gasteiger charge is -2.37. The Hall–Kier alpha value is -3.03. The van der Waals surface area contributed by atoms with Gasteiger partial charge in [-0.05, 0) is 44.4 Å². The van der Waals surface area contributed by atoms with Crippen LogP contribution in [-0.4, -0.2) is 52.0 Å². The second kappa shape index (κ2) is 7.90. The number of nitrogens with one attached hydrogen (secondary N) is 1. The minimum Gasteiger partial charge on any atom is -0.466 e. The lowest BCUT2D eigenvalue weighted by atomic mass is 9.97. The molecule has 2 aromatic rings. The summed E-state index contributed by atoms with van der Waals surface area (Å²) in [5, 5.41) is 7.55. The van der Waals surface area contributed by atoms with Gasteiger partial charge in [-0.1, -0.05) is 26.0 Å². The first-order chi connectivity index (χ1) is 14.6. The Labute approximate surface area is 182 Å². The zero-order valence-corrected chi connectivity index (χ0v) is 18.8. The molecule has 3 heterocycles. The molecular formula is C23H30N4O4. The molecule has 8 heteroatoms. The molecule has 0 spiro atoms. The van der Waals surface area contributed by atoms with Crippen LogP contribution in [-0.2, 0) is 16.0 Å². The van der Waals surface area contributed by atoms with E-state index < -0.39 is 17.7 Å². The van der Waals surface area contributed by atoms with Crippen molar-refractivity contribution in [3.05, 3.63) is 41.1 Å². The molecule has 2 amide bonds. The first-order valence-corrected chi connectivity index (χ1v) is 10.8. The molecule has 0 bridgehead atoms. The molecule has 2 aliphatic heterocycles. The molecule has 1 aromatic carbocycles. The van der Waals surface area contributed by atoms with Crippen molar-refractivity contribution in [3.63, 3.8) is 0 Å². The summed E-state index contributed by atoms with van der Waals surface area (Å²) in [6, 6.07) is 7.90. The maximum atomic E-state index is 12.9. The van der Waals surface area contributed by atoms with Crippen LogP contribution in [0.15, 0.2) is 24.3 Å². The highest BCUT2D eigenvalue weighted by atomic mass is 16.6. The molecule has 8 nitrogen and oxygen atoms in total. The average molecular weight is 427 g/mol. The largest absolute Gasteiger partial charge is 0.466 e. The van der Waals surface area contributed by atoms with Crippen molar-refractivity contribution in [2.45, 2.75) is 58.6 Å². The van der Waals surface area contributed by atoms with E-state index >= 15 is 0 Å². The highest BCUT2D eigenvalue weighted by Gasteiger charge is 2.40. The summed E-state index contributed by atoms with van der Waals surface area (Å²) >= 11 is 0. The number of amides is 2. The van der Waals surface area contributed by atoms with Crippen molar-refractivity contribution in [2.75, 3.05) is 19.7 Å². The second-order valence-electron chi connectivity index (χ2n) is 9.36. The van der Waals surface area contributed by atoms with Gasteiger partial charge in [-0.25, -0.2) is 9.48 Å². The van der Waals surface area contributed by atoms with Gasteiger partial charge < -0.3 is 14.8 Å². The monoisotopic (exact) mass is 426 g/mol. The molecule has 0 saturated carbocycles. The number of rotatable bonds is 2. The van der Waals surface area contributed by atoms with E-state index in [0.717, 1.165) is 16.9 Å². The van der Waals surface area contributed by atoms with Crippen molar-refractivity contribution >= 4 is 12.0 Å². The van der Waals surface area contributed by atoms with Crippen LogP contribution in [0.25, 0.3) is 5.69 Å². The van der Waals surface area contributed by atoms with E-state index in [1.165, 1.54) is 5.56 Å². The molecule has 1 unspecified atom stereocenters. The summed E-state index contributed by atoms with van der Waals surface area (Å²) in [5.41, 5.74) is 3.41. The van der Waals surface area contributed by atoms with Gasteiger partial charge in [-0.2, -0.15) is 0 Å². The third kappa shape index (κ3) is 4.24. The van der Waals surface area contributed by atoms with Crippen LogP contribution in [0.4, 0.5) is 4.79 Å². The fraction of sp³-hybridized carbons (Fsp3) is 0.522. The summed E-state index contributed by atoms with van der Waals surface area (Å²) in [6.45, 7) is 10.5. The highest BCUT2D eigenvalue weighted by Crippen LogP contribution is 2.38. The first-order valence-electron chi connectivity index (χ1n) is 10.8. The minimum absolute atomic E-state index is 0.102. The molecule has 0 fully saturated rings. The van der Waals surface area contributed by atoms with E-state index in [4.69, 9.17) is 14.6 Å². The van der Waals surface area contributed by atoms with Crippen molar-refractivity contribution in [2.24, 2.45) is 0 Å². The Morgan fingerprint density at radius 3 is 2.61 bits per heavy atom. The molecule has 1 aromatic heterocycles. The van der Waals surface area contributed by atoms with Gasteiger partial charge in [0.2, 0.25) is 5.88 Å². The molecule has 1 atom stereocenters. The first kappa shape index (κ1) is 21.2. The number of carbonyl (C=O) groups excluding carboxylic acids is 2. The molecule has 0 aliphatic carbocycles. The Morgan fingerprint density at radius 1 is 1.26 bits per heavy atom. The summed E-state index contributed by atoms with van der Waals surface area (Å²) in [6.07, 6.45) is 0.208. The Bertz CT molecular complexity index is 988. The van der Waals surface area contributed by atoms with Gasteiger partial charge in [0.1, 0.15) is 5.60 Å². The van der Waals surface area contributed by atoms with E-state index in [2.05, 4.69) is 31.3 Å². The normalized spacial score (nSPS) is 18.6. The number of aromatic nitrogens is 2. The van der Waals surface area contributed by atoms with Crippen molar-refractivity contribution in [1.82, 2.24) is 20.0 Å². The molecule has 166 valence electrons. The van der Waals surface area contributed by atoms with Gasteiger partial charge in [0.25, 0.3) is 5.91 Å². The number of carbonyl (C=O) groups is 2. The van der Waals surface area contributed by atoms with Gasteiger partial charge in [-0.3, -0.25) is 9.69 Å². The Kier molecular flexibility index (Phi) is 5.41. The van der Waals surface area contributed by atoms with E-state index in [0.29, 0.717) is 31.3 Å². The number of hydrogen-bond acceptors (Lipinski definition) is 5. The highest BCUT2D eigenvalue weighted by molar-refractivity contribution is 5.78. The fourth-order valence-corrected chi connectivity index (χ4v) is 4.02. The summed E-state index contributed by atoms with van der Waals surface area (Å²) in [4.78, 5) is 26.7. The third-order valence-corrected chi connectivity index (χ3v) is 5.55. The number of ether oxygens (including phenoxy) is 2. The van der Waals surface area contributed by atoms with Crippen LogP contribution in [0.5, 0.6) is 5.88 Å². The van der Waals surface area contributed by atoms with Crippen LogP contribution in [0, 0.1) is 0 Å². The fourth-order valence-electron chi connectivity index (χ4n) is 4.02. The maximum absolute atomic E-state index is 12.9. The van der Waals surface area contributed by atoms with Gasteiger partial charge in [-0.15, -0.1) is 5.10 Å². The van der Waals surface area contributed by atoms with Crippen LogP contribution < -0.4 is 10.1 Å². The van der Waals surface area contributed by atoms with Crippen molar-refractivity contribution in [1.29, 1.82) is 0 Å². The van der Waals surface area contributed by atoms with Gasteiger partial charge in [0.15, 0.2) is 6.61 Å². The predicted octanol–water partition coefficient (Wildman–Crippen LogP) is 3.34. The van der Waals surface area contributed by atoms with Gasteiger partial charge in [0.05, 0.1) is 23.0 Å². The second-order valence-corrected chi connectivity index (χ2v) is 9.36.